The van der Waals surface area contributed by atoms with Gasteiger partial charge in [0.2, 0.25) is 5.82 Å². The Morgan fingerprint density at radius 2 is 2.35 bits per heavy atom. The van der Waals surface area contributed by atoms with Crippen LogP contribution in [-0.2, 0) is 4.74 Å². The fourth-order valence-electron chi connectivity index (χ4n) is 1.17. The highest BCUT2D eigenvalue weighted by atomic mass is 35.5. The Bertz CT molecular complexity index is 552. The lowest BCUT2D eigenvalue weighted by molar-refractivity contribution is 0.0512. The van der Waals surface area contributed by atoms with Gasteiger partial charge in [0.05, 0.1) is 16.5 Å². The molecule has 0 radical (unpaired) electrons. The summed E-state index contributed by atoms with van der Waals surface area (Å²) in [6, 6.07) is 1.65. The molecule has 5 nitrogen and oxygen atoms in total. The zero-order valence-corrected chi connectivity index (χ0v) is 11.0. The molecule has 1 N–H and O–H groups in total. The van der Waals surface area contributed by atoms with Crippen LogP contribution in [0.1, 0.15) is 17.5 Å². The van der Waals surface area contributed by atoms with Gasteiger partial charge in [-0.2, -0.15) is 5.10 Å². The maximum absolute atomic E-state index is 11.4. The molecule has 0 bridgehead atoms. The number of rotatable bonds is 3. The van der Waals surface area contributed by atoms with Gasteiger partial charge in [-0.1, -0.05) is 23.2 Å². The number of halogens is 2. The first-order valence-corrected chi connectivity index (χ1v) is 6.23. The van der Waals surface area contributed by atoms with Crippen molar-refractivity contribution < 1.29 is 9.53 Å². The molecule has 2 rings (SSSR count). The summed E-state index contributed by atoms with van der Waals surface area (Å²) < 4.78 is 5.79. The molecular weight excluding hydrogens is 285 g/mol. The first-order valence-electron chi connectivity index (χ1n) is 4.66. The van der Waals surface area contributed by atoms with Crippen LogP contribution in [0.2, 0.25) is 8.67 Å². The molecule has 2 aromatic rings. The fourth-order valence-corrected chi connectivity index (χ4v) is 2.62. The second kappa shape index (κ2) is 5.03. The Labute approximate surface area is 111 Å². The number of hydrogen-bond acceptors (Lipinski definition) is 5. The van der Waals surface area contributed by atoms with Crippen molar-refractivity contribution in [1.82, 2.24) is 15.2 Å². The van der Waals surface area contributed by atoms with E-state index in [9.17, 15) is 4.79 Å². The largest absolute Gasteiger partial charge is 0.460 e. The number of aromatic nitrogens is 3. The van der Waals surface area contributed by atoms with Gasteiger partial charge in [-0.3, -0.25) is 5.10 Å². The standard InChI is InChI=1S/C9H7Cl2N3O2S/c1-2-16-9(15)8-12-7(13-14-8)4-3-5(10)17-6(4)11/h3H,2H2,1H3,(H,12,13,14). The summed E-state index contributed by atoms with van der Waals surface area (Å²) in [5.41, 5.74) is 0.591. The summed E-state index contributed by atoms with van der Waals surface area (Å²) in [6.07, 6.45) is 0. The van der Waals surface area contributed by atoms with Gasteiger partial charge in [0, 0.05) is 0 Å². The zero-order chi connectivity index (χ0) is 12.4. The molecule has 0 spiro atoms. The maximum Gasteiger partial charge on any atom is 0.375 e. The van der Waals surface area contributed by atoms with Crippen LogP contribution < -0.4 is 0 Å². The number of carbonyl (C=O) groups is 1. The number of thiophene rings is 1. The Balaban J connectivity index is 2.30. The van der Waals surface area contributed by atoms with Crippen LogP contribution in [0, 0.1) is 0 Å². The molecule has 2 aromatic heterocycles. The summed E-state index contributed by atoms with van der Waals surface area (Å²) in [5, 5.41) is 6.38. The van der Waals surface area contributed by atoms with Gasteiger partial charge in [-0.25, -0.2) is 9.78 Å². The Morgan fingerprint density at radius 1 is 1.59 bits per heavy atom. The van der Waals surface area contributed by atoms with Gasteiger partial charge < -0.3 is 4.74 Å². The van der Waals surface area contributed by atoms with E-state index in [-0.39, 0.29) is 12.4 Å². The topological polar surface area (TPSA) is 67.9 Å². The third kappa shape index (κ3) is 2.59. The van der Waals surface area contributed by atoms with Crippen LogP contribution in [0.3, 0.4) is 0 Å². The second-order valence-electron chi connectivity index (χ2n) is 2.97. The van der Waals surface area contributed by atoms with Crippen molar-refractivity contribution in [2.45, 2.75) is 6.92 Å². The summed E-state index contributed by atoms with van der Waals surface area (Å²) in [6.45, 7) is 1.99. The van der Waals surface area contributed by atoms with E-state index in [0.717, 1.165) is 0 Å². The fraction of sp³-hybridized carbons (Fsp3) is 0.222. The summed E-state index contributed by atoms with van der Waals surface area (Å²) >= 11 is 13.0. The number of aromatic amines is 1. The van der Waals surface area contributed by atoms with Crippen LogP contribution in [0.25, 0.3) is 11.4 Å². The second-order valence-corrected chi connectivity index (χ2v) is 5.25. The lowest BCUT2D eigenvalue weighted by Crippen LogP contribution is -2.06. The molecule has 0 aliphatic rings. The average Bonchev–Trinajstić information content (AvgIpc) is 2.85. The molecule has 0 aromatic carbocycles. The van der Waals surface area contributed by atoms with Gasteiger partial charge >= 0.3 is 5.97 Å². The molecule has 0 amide bonds. The van der Waals surface area contributed by atoms with E-state index >= 15 is 0 Å². The van der Waals surface area contributed by atoms with Crippen molar-refractivity contribution in [1.29, 1.82) is 0 Å². The van der Waals surface area contributed by atoms with E-state index in [2.05, 4.69) is 15.2 Å². The van der Waals surface area contributed by atoms with Crippen molar-refractivity contribution in [2.75, 3.05) is 6.61 Å². The van der Waals surface area contributed by atoms with E-state index in [1.165, 1.54) is 11.3 Å². The molecule has 0 aliphatic carbocycles. The highest BCUT2D eigenvalue weighted by molar-refractivity contribution is 7.20. The Morgan fingerprint density at radius 3 is 2.94 bits per heavy atom. The van der Waals surface area contributed by atoms with Crippen molar-refractivity contribution >= 4 is 40.5 Å². The average molecular weight is 292 g/mol. The molecule has 8 heteroatoms. The molecule has 2 heterocycles. The minimum Gasteiger partial charge on any atom is -0.460 e. The highest BCUT2D eigenvalue weighted by Crippen LogP contribution is 2.36. The van der Waals surface area contributed by atoms with Gasteiger partial charge in [0.1, 0.15) is 4.34 Å². The van der Waals surface area contributed by atoms with E-state index < -0.39 is 5.97 Å². The van der Waals surface area contributed by atoms with E-state index in [1.54, 1.807) is 13.0 Å². The minimum absolute atomic E-state index is 0.0419. The number of nitrogens with zero attached hydrogens (tertiary/aromatic N) is 2. The molecular formula is C9H7Cl2N3O2S. The lowest BCUT2D eigenvalue weighted by Gasteiger charge is -1.95. The molecule has 0 aliphatic heterocycles. The van der Waals surface area contributed by atoms with Crippen molar-refractivity contribution in [2.24, 2.45) is 0 Å². The van der Waals surface area contributed by atoms with E-state index in [1.807, 2.05) is 0 Å². The van der Waals surface area contributed by atoms with Crippen LogP contribution in [0.15, 0.2) is 6.07 Å². The van der Waals surface area contributed by atoms with Crippen molar-refractivity contribution in [3.05, 3.63) is 20.6 Å². The normalized spacial score (nSPS) is 10.5. The number of nitrogens with one attached hydrogen (secondary N) is 1. The van der Waals surface area contributed by atoms with Crippen LogP contribution in [0.4, 0.5) is 0 Å². The van der Waals surface area contributed by atoms with Crippen LogP contribution in [-0.4, -0.2) is 27.8 Å². The van der Waals surface area contributed by atoms with Crippen molar-refractivity contribution in [3.63, 3.8) is 0 Å². The van der Waals surface area contributed by atoms with Gasteiger partial charge in [-0.15, -0.1) is 11.3 Å². The number of H-pyrrole nitrogens is 1. The number of hydrogen-bond donors (Lipinski definition) is 1. The number of esters is 1. The quantitative estimate of drug-likeness (QED) is 0.883. The van der Waals surface area contributed by atoms with Crippen LogP contribution in [0.5, 0.6) is 0 Å². The van der Waals surface area contributed by atoms with E-state index in [4.69, 9.17) is 27.9 Å². The predicted molar refractivity (Wildman–Crippen MR) is 65.7 cm³/mol. The third-order valence-electron chi connectivity index (χ3n) is 1.85. The molecule has 0 saturated heterocycles. The molecule has 0 unspecified atom stereocenters. The highest BCUT2D eigenvalue weighted by Gasteiger charge is 2.17. The molecule has 0 atom stereocenters. The zero-order valence-electron chi connectivity index (χ0n) is 8.66. The first-order chi connectivity index (χ1) is 8.11. The SMILES string of the molecule is CCOC(=O)c1nc(-c2cc(Cl)sc2Cl)n[nH]1. The van der Waals surface area contributed by atoms with E-state index in [0.29, 0.717) is 20.1 Å². The molecule has 90 valence electrons. The van der Waals surface area contributed by atoms with Crippen LogP contribution >= 0.6 is 34.5 Å². The Hall–Kier alpha value is -1.11. The summed E-state index contributed by atoms with van der Waals surface area (Å²) in [7, 11) is 0. The molecule has 17 heavy (non-hydrogen) atoms. The van der Waals surface area contributed by atoms with Crippen molar-refractivity contribution in [3.8, 4) is 11.4 Å². The molecule has 0 fully saturated rings. The molecule has 0 saturated carbocycles. The monoisotopic (exact) mass is 291 g/mol. The first kappa shape index (κ1) is 12.3. The lowest BCUT2D eigenvalue weighted by atomic mass is 10.3. The Kier molecular flexibility index (Phi) is 3.66. The maximum atomic E-state index is 11.4. The third-order valence-corrected chi connectivity index (χ3v) is 3.34. The number of carbonyl (C=O) groups excluding carboxylic acids is 1. The summed E-state index contributed by atoms with van der Waals surface area (Å²) in [4.78, 5) is 15.4. The smallest absolute Gasteiger partial charge is 0.375 e. The minimum atomic E-state index is -0.552. The van der Waals surface area contributed by atoms with Gasteiger partial charge in [-0.05, 0) is 13.0 Å². The van der Waals surface area contributed by atoms with Gasteiger partial charge in [0.15, 0.2) is 5.82 Å². The summed E-state index contributed by atoms with van der Waals surface area (Å²) in [5.74, 6) is -0.190. The van der Waals surface area contributed by atoms with Gasteiger partial charge in [0.25, 0.3) is 0 Å². The predicted octanol–water partition coefficient (Wildman–Crippen LogP) is 3.02. The number of ether oxygens (including phenoxy) is 1.